The molecule has 2 unspecified atom stereocenters. The van der Waals surface area contributed by atoms with Crippen LogP contribution in [0.25, 0.3) is 0 Å². The maximum absolute atomic E-state index is 11.8. The first-order chi connectivity index (χ1) is 6.72. The van der Waals surface area contributed by atoms with Gasteiger partial charge in [-0.3, -0.25) is 4.79 Å². The first kappa shape index (κ1) is 10.5. The molecule has 1 aliphatic carbocycles. The van der Waals surface area contributed by atoms with E-state index in [4.69, 9.17) is 0 Å². The second kappa shape index (κ2) is 4.21. The van der Waals surface area contributed by atoms with Gasteiger partial charge in [0.05, 0.1) is 4.83 Å². The van der Waals surface area contributed by atoms with Gasteiger partial charge in [0.2, 0.25) is 5.91 Å². The number of likely N-dealkylation sites (tertiary alicyclic amines) is 1. The standard InChI is InChI=1S/C11H18BrNO/c1-2-9(7-8-3-4-8)13-6-5-10(12)11(13)14/h8-10H,2-7H2,1H3. The van der Waals surface area contributed by atoms with Crippen molar-refractivity contribution in [1.29, 1.82) is 0 Å². The number of amides is 1. The molecule has 1 aliphatic heterocycles. The summed E-state index contributed by atoms with van der Waals surface area (Å²) in [5.74, 6) is 1.24. The molecule has 2 atom stereocenters. The van der Waals surface area contributed by atoms with Crippen molar-refractivity contribution in [1.82, 2.24) is 4.90 Å². The minimum absolute atomic E-state index is 0.0933. The van der Waals surface area contributed by atoms with Crippen molar-refractivity contribution in [3.8, 4) is 0 Å². The third-order valence-corrected chi connectivity index (χ3v) is 4.24. The fourth-order valence-electron chi connectivity index (χ4n) is 2.28. The number of carbonyl (C=O) groups is 1. The van der Waals surface area contributed by atoms with Gasteiger partial charge < -0.3 is 4.90 Å². The lowest BCUT2D eigenvalue weighted by molar-refractivity contribution is -0.129. The van der Waals surface area contributed by atoms with Crippen molar-refractivity contribution in [3.63, 3.8) is 0 Å². The van der Waals surface area contributed by atoms with Gasteiger partial charge in [-0.1, -0.05) is 35.7 Å². The van der Waals surface area contributed by atoms with E-state index in [1.54, 1.807) is 0 Å². The Labute approximate surface area is 94.2 Å². The van der Waals surface area contributed by atoms with Gasteiger partial charge >= 0.3 is 0 Å². The van der Waals surface area contributed by atoms with Gasteiger partial charge in [0.1, 0.15) is 0 Å². The maximum Gasteiger partial charge on any atom is 0.236 e. The highest BCUT2D eigenvalue weighted by Gasteiger charge is 2.36. The molecule has 0 bridgehead atoms. The van der Waals surface area contributed by atoms with Crippen molar-refractivity contribution in [2.24, 2.45) is 5.92 Å². The Kier molecular flexibility index (Phi) is 3.15. The second-order valence-corrected chi connectivity index (χ2v) is 5.63. The molecular formula is C11H18BrNO. The van der Waals surface area contributed by atoms with E-state index in [-0.39, 0.29) is 4.83 Å². The SMILES string of the molecule is CCC(CC1CC1)N1CCC(Br)C1=O. The van der Waals surface area contributed by atoms with E-state index in [1.165, 1.54) is 19.3 Å². The fraction of sp³-hybridized carbons (Fsp3) is 0.909. The Bertz CT molecular complexity index is 227. The topological polar surface area (TPSA) is 20.3 Å². The third kappa shape index (κ3) is 2.13. The highest BCUT2D eigenvalue weighted by molar-refractivity contribution is 9.10. The van der Waals surface area contributed by atoms with Crippen LogP contribution in [0.15, 0.2) is 0 Å². The summed E-state index contributed by atoms with van der Waals surface area (Å²) in [7, 11) is 0. The molecule has 2 fully saturated rings. The Morgan fingerprint density at radius 1 is 1.50 bits per heavy atom. The quantitative estimate of drug-likeness (QED) is 0.711. The third-order valence-electron chi connectivity index (χ3n) is 3.39. The van der Waals surface area contributed by atoms with E-state index in [0.717, 1.165) is 25.3 Å². The van der Waals surface area contributed by atoms with Gasteiger partial charge in [-0.25, -0.2) is 0 Å². The van der Waals surface area contributed by atoms with Crippen LogP contribution in [-0.4, -0.2) is 28.2 Å². The predicted octanol–water partition coefficient (Wildman–Crippen LogP) is 2.56. The van der Waals surface area contributed by atoms with Crippen LogP contribution in [0.5, 0.6) is 0 Å². The number of nitrogens with zero attached hydrogens (tertiary/aromatic N) is 1. The zero-order valence-electron chi connectivity index (χ0n) is 8.71. The smallest absolute Gasteiger partial charge is 0.236 e. The summed E-state index contributed by atoms with van der Waals surface area (Å²) >= 11 is 3.43. The number of alkyl halides is 1. The number of hydrogen-bond acceptors (Lipinski definition) is 1. The Hall–Kier alpha value is -0.0500. The summed E-state index contributed by atoms with van der Waals surface area (Å²) in [5.41, 5.74) is 0. The second-order valence-electron chi connectivity index (χ2n) is 4.53. The molecule has 0 aromatic carbocycles. The van der Waals surface area contributed by atoms with Crippen LogP contribution in [0.2, 0.25) is 0 Å². The molecule has 1 heterocycles. The van der Waals surface area contributed by atoms with Gasteiger partial charge in [0, 0.05) is 12.6 Å². The number of hydrogen-bond donors (Lipinski definition) is 0. The van der Waals surface area contributed by atoms with Gasteiger partial charge in [0.25, 0.3) is 0 Å². The summed E-state index contributed by atoms with van der Waals surface area (Å²) in [4.78, 5) is 14.0. The molecule has 1 saturated carbocycles. The first-order valence-corrected chi connectivity index (χ1v) is 6.58. The molecule has 2 aliphatic rings. The van der Waals surface area contributed by atoms with E-state index in [1.807, 2.05) is 0 Å². The Morgan fingerprint density at radius 3 is 2.64 bits per heavy atom. The number of rotatable bonds is 4. The molecule has 2 nitrogen and oxygen atoms in total. The minimum Gasteiger partial charge on any atom is -0.339 e. The van der Waals surface area contributed by atoms with Crippen LogP contribution >= 0.6 is 15.9 Å². The van der Waals surface area contributed by atoms with Crippen molar-refractivity contribution in [2.75, 3.05) is 6.54 Å². The molecule has 0 radical (unpaired) electrons. The van der Waals surface area contributed by atoms with E-state index in [0.29, 0.717) is 11.9 Å². The molecule has 0 N–H and O–H groups in total. The van der Waals surface area contributed by atoms with Crippen LogP contribution in [0.4, 0.5) is 0 Å². The molecule has 1 saturated heterocycles. The lowest BCUT2D eigenvalue weighted by Gasteiger charge is -2.27. The van der Waals surface area contributed by atoms with Crippen molar-refractivity contribution in [2.45, 2.75) is 49.9 Å². The predicted molar refractivity (Wildman–Crippen MR) is 60.5 cm³/mol. The molecule has 0 aromatic heterocycles. The first-order valence-electron chi connectivity index (χ1n) is 5.67. The molecular weight excluding hydrogens is 242 g/mol. The van der Waals surface area contributed by atoms with E-state index in [9.17, 15) is 4.79 Å². The number of halogens is 1. The Morgan fingerprint density at radius 2 is 2.21 bits per heavy atom. The summed E-state index contributed by atoms with van der Waals surface area (Å²) in [6.07, 6.45) is 6.11. The summed E-state index contributed by atoms with van der Waals surface area (Å²) in [6, 6.07) is 0.512. The molecule has 1 amide bonds. The minimum atomic E-state index is 0.0933. The highest BCUT2D eigenvalue weighted by atomic mass is 79.9. The number of carbonyl (C=O) groups excluding carboxylic acids is 1. The van der Waals surface area contributed by atoms with Crippen LogP contribution in [-0.2, 0) is 4.79 Å². The molecule has 14 heavy (non-hydrogen) atoms. The van der Waals surface area contributed by atoms with Crippen LogP contribution < -0.4 is 0 Å². The van der Waals surface area contributed by atoms with Crippen molar-refractivity contribution in [3.05, 3.63) is 0 Å². The lowest BCUT2D eigenvalue weighted by atomic mass is 10.1. The molecule has 0 spiro atoms. The van der Waals surface area contributed by atoms with Gasteiger partial charge in [0.15, 0.2) is 0 Å². The van der Waals surface area contributed by atoms with E-state index in [2.05, 4.69) is 27.8 Å². The summed E-state index contributed by atoms with van der Waals surface area (Å²) in [6.45, 7) is 3.15. The van der Waals surface area contributed by atoms with Gasteiger partial charge in [-0.2, -0.15) is 0 Å². The Balaban J connectivity index is 1.93. The van der Waals surface area contributed by atoms with E-state index >= 15 is 0 Å². The van der Waals surface area contributed by atoms with Gasteiger partial charge in [-0.15, -0.1) is 0 Å². The molecule has 3 heteroatoms. The van der Waals surface area contributed by atoms with Crippen molar-refractivity contribution >= 4 is 21.8 Å². The fourth-order valence-corrected chi connectivity index (χ4v) is 2.75. The largest absolute Gasteiger partial charge is 0.339 e. The van der Waals surface area contributed by atoms with Crippen LogP contribution in [0.3, 0.4) is 0 Å². The zero-order valence-corrected chi connectivity index (χ0v) is 10.3. The van der Waals surface area contributed by atoms with Crippen LogP contribution in [0.1, 0.15) is 39.0 Å². The molecule has 2 rings (SSSR count). The lowest BCUT2D eigenvalue weighted by Crippen LogP contribution is -2.37. The zero-order chi connectivity index (χ0) is 10.1. The average Bonchev–Trinajstić information content (AvgIpc) is 2.94. The monoisotopic (exact) mass is 259 g/mol. The normalized spacial score (nSPS) is 29.7. The van der Waals surface area contributed by atoms with Crippen LogP contribution in [0, 0.1) is 5.92 Å². The molecule has 80 valence electrons. The molecule has 0 aromatic rings. The highest BCUT2D eigenvalue weighted by Crippen LogP contribution is 2.36. The van der Waals surface area contributed by atoms with Crippen molar-refractivity contribution < 1.29 is 4.79 Å². The summed E-state index contributed by atoms with van der Waals surface area (Å²) in [5, 5.41) is 0. The van der Waals surface area contributed by atoms with Gasteiger partial charge in [-0.05, 0) is 25.2 Å². The average molecular weight is 260 g/mol. The maximum atomic E-state index is 11.8. The van der Waals surface area contributed by atoms with E-state index < -0.39 is 0 Å². The summed E-state index contributed by atoms with van der Waals surface area (Å²) < 4.78 is 0.